The van der Waals surface area contributed by atoms with Crippen LogP contribution < -0.4 is 0 Å². The lowest BCUT2D eigenvalue weighted by molar-refractivity contribution is 0.685. The molecule has 0 saturated heterocycles. The van der Waals surface area contributed by atoms with E-state index in [0.717, 1.165) is 6.42 Å². The fourth-order valence-corrected chi connectivity index (χ4v) is 1.43. The first-order chi connectivity index (χ1) is 6.16. The average Bonchev–Trinajstić information content (AvgIpc) is 2.16. The first kappa shape index (κ1) is 10.2. The smallest absolute Gasteiger partial charge is 0.115 e. The summed E-state index contributed by atoms with van der Waals surface area (Å²) in [6, 6.07) is 0. The fraction of sp³-hybridized carbons (Fsp3) is 0.636. The zero-order valence-corrected chi connectivity index (χ0v) is 8.91. The highest BCUT2D eigenvalue weighted by Crippen LogP contribution is 2.24. The number of rotatable bonds is 3. The molecule has 1 heterocycles. The van der Waals surface area contributed by atoms with E-state index in [1.165, 1.54) is 11.3 Å². The molecule has 0 aliphatic heterocycles. The molecule has 0 fully saturated rings. The van der Waals surface area contributed by atoms with Gasteiger partial charge in [-0.3, -0.25) is 0 Å². The van der Waals surface area contributed by atoms with Gasteiger partial charge >= 0.3 is 0 Å². The molecule has 1 aromatic heterocycles. The Labute approximate surface area is 80.4 Å². The number of hydrogen-bond donors (Lipinski definition) is 0. The molecule has 1 rings (SSSR count). The molecule has 0 spiro atoms. The van der Waals surface area contributed by atoms with E-state index >= 15 is 0 Å². The summed E-state index contributed by atoms with van der Waals surface area (Å²) in [6.07, 6.45) is 4.74. The topological polar surface area (TPSA) is 25.8 Å². The van der Waals surface area contributed by atoms with Crippen molar-refractivity contribution >= 4 is 0 Å². The van der Waals surface area contributed by atoms with Crippen LogP contribution in [0.25, 0.3) is 0 Å². The molecule has 0 aliphatic rings. The third-order valence-electron chi connectivity index (χ3n) is 2.46. The normalized spacial score (nSPS) is 13.3. The predicted molar refractivity (Wildman–Crippen MR) is 54.8 cm³/mol. The Hall–Kier alpha value is -0.920. The lowest BCUT2D eigenvalue weighted by Crippen LogP contribution is -2.03. The Balaban J connectivity index is 3.04. The Bertz CT molecular complexity index is 269. The maximum atomic E-state index is 4.34. The molecule has 72 valence electrons. The second kappa shape index (κ2) is 4.35. The van der Waals surface area contributed by atoms with Crippen molar-refractivity contribution < 1.29 is 0 Å². The van der Waals surface area contributed by atoms with Crippen LogP contribution in [0.4, 0.5) is 0 Å². The van der Waals surface area contributed by atoms with E-state index in [0.29, 0.717) is 11.8 Å². The fourth-order valence-electron chi connectivity index (χ4n) is 1.43. The molecule has 0 saturated carbocycles. The molecule has 0 aliphatic carbocycles. The number of hydrogen-bond acceptors (Lipinski definition) is 2. The van der Waals surface area contributed by atoms with Crippen LogP contribution in [0, 0.1) is 0 Å². The summed E-state index contributed by atoms with van der Waals surface area (Å²) in [5, 5.41) is 0. The number of aromatic nitrogens is 2. The van der Waals surface area contributed by atoms with Gasteiger partial charge in [0.1, 0.15) is 6.33 Å². The first-order valence-corrected chi connectivity index (χ1v) is 4.96. The molecule has 1 unspecified atom stereocenters. The molecular formula is C11H18N2. The van der Waals surface area contributed by atoms with Crippen molar-refractivity contribution in [1.82, 2.24) is 9.97 Å². The molecule has 1 atom stereocenters. The van der Waals surface area contributed by atoms with E-state index in [1.54, 1.807) is 6.33 Å². The summed E-state index contributed by atoms with van der Waals surface area (Å²) in [5.74, 6) is 1.06. The van der Waals surface area contributed by atoms with Crippen molar-refractivity contribution in [1.29, 1.82) is 0 Å². The molecular weight excluding hydrogens is 160 g/mol. The van der Waals surface area contributed by atoms with Gasteiger partial charge in [-0.25, -0.2) is 9.97 Å². The van der Waals surface area contributed by atoms with Gasteiger partial charge in [-0.2, -0.15) is 0 Å². The summed E-state index contributed by atoms with van der Waals surface area (Å²) >= 11 is 0. The molecule has 13 heavy (non-hydrogen) atoms. The maximum absolute atomic E-state index is 4.34. The summed E-state index contributed by atoms with van der Waals surface area (Å²) < 4.78 is 0. The van der Waals surface area contributed by atoms with E-state index in [-0.39, 0.29) is 0 Å². The molecule has 2 nitrogen and oxygen atoms in total. The zero-order valence-electron chi connectivity index (χ0n) is 8.91. The minimum absolute atomic E-state index is 0.493. The minimum atomic E-state index is 0.493. The van der Waals surface area contributed by atoms with Crippen molar-refractivity contribution in [3.05, 3.63) is 23.8 Å². The van der Waals surface area contributed by atoms with E-state index in [2.05, 4.69) is 37.7 Å². The predicted octanol–water partition coefficient (Wildman–Crippen LogP) is 3.11. The van der Waals surface area contributed by atoms with E-state index < -0.39 is 0 Å². The van der Waals surface area contributed by atoms with Crippen molar-refractivity contribution in [3.63, 3.8) is 0 Å². The van der Waals surface area contributed by atoms with Crippen molar-refractivity contribution in [2.75, 3.05) is 0 Å². The van der Waals surface area contributed by atoms with E-state index in [9.17, 15) is 0 Å². The molecule has 0 aromatic carbocycles. The Morgan fingerprint density at radius 1 is 1.31 bits per heavy atom. The van der Waals surface area contributed by atoms with Crippen LogP contribution in [-0.2, 0) is 0 Å². The lowest BCUT2D eigenvalue weighted by Gasteiger charge is -2.14. The Kier molecular flexibility index (Phi) is 3.40. The van der Waals surface area contributed by atoms with Crippen LogP contribution in [0.3, 0.4) is 0 Å². The zero-order chi connectivity index (χ0) is 9.84. The van der Waals surface area contributed by atoms with Crippen molar-refractivity contribution in [2.24, 2.45) is 0 Å². The third kappa shape index (κ3) is 2.27. The van der Waals surface area contributed by atoms with Gasteiger partial charge in [-0.15, -0.1) is 0 Å². The quantitative estimate of drug-likeness (QED) is 0.710. The van der Waals surface area contributed by atoms with Gasteiger partial charge < -0.3 is 0 Å². The monoisotopic (exact) mass is 178 g/mol. The van der Waals surface area contributed by atoms with Gasteiger partial charge in [0.05, 0.1) is 0 Å². The van der Waals surface area contributed by atoms with Gasteiger partial charge in [0.2, 0.25) is 0 Å². The minimum Gasteiger partial charge on any atom is -0.245 e. The largest absolute Gasteiger partial charge is 0.245 e. The standard InChI is InChI=1S/C11H18N2/c1-5-9(4)10-6-12-7-13-11(10)8(2)3/h6-9H,5H2,1-4H3. The van der Waals surface area contributed by atoms with Crippen LogP contribution in [0.2, 0.25) is 0 Å². The molecule has 1 aromatic rings. The van der Waals surface area contributed by atoms with E-state index in [4.69, 9.17) is 0 Å². The SMILES string of the molecule is CCC(C)c1cncnc1C(C)C. The van der Waals surface area contributed by atoms with Crippen molar-refractivity contribution in [3.8, 4) is 0 Å². The highest BCUT2D eigenvalue weighted by atomic mass is 14.8. The van der Waals surface area contributed by atoms with Crippen molar-refractivity contribution in [2.45, 2.75) is 46.0 Å². The Morgan fingerprint density at radius 2 is 2.00 bits per heavy atom. The van der Waals surface area contributed by atoms with Gasteiger partial charge in [0.25, 0.3) is 0 Å². The van der Waals surface area contributed by atoms with Crippen LogP contribution in [-0.4, -0.2) is 9.97 Å². The lowest BCUT2D eigenvalue weighted by atomic mass is 9.94. The number of nitrogens with zero attached hydrogens (tertiary/aromatic N) is 2. The Morgan fingerprint density at radius 3 is 2.54 bits per heavy atom. The molecule has 0 amide bonds. The summed E-state index contributed by atoms with van der Waals surface area (Å²) in [5.41, 5.74) is 2.50. The van der Waals surface area contributed by atoms with Crippen LogP contribution in [0.5, 0.6) is 0 Å². The summed E-state index contributed by atoms with van der Waals surface area (Å²) in [6.45, 7) is 8.77. The molecule has 2 heteroatoms. The van der Waals surface area contributed by atoms with Crippen LogP contribution in [0.1, 0.15) is 57.2 Å². The summed E-state index contributed by atoms with van der Waals surface area (Å²) in [7, 11) is 0. The molecule has 0 bridgehead atoms. The molecule has 0 radical (unpaired) electrons. The molecule has 0 N–H and O–H groups in total. The van der Waals surface area contributed by atoms with Gasteiger partial charge in [-0.1, -0.05) is 27.7 Å². The second-order valence-electron chi connectivity index (χ2n) is 3.83. The van der Waals surface area contributed by atoms with Crippen LogP contribution >= 0.6 is 0 Å². The van der Waals surface area contributed by atoms with Crippen LogP contribution in [0.15, 0.2) is 12.5 Å². The van der Waals surface area contributed by atoms with Gasteiger partial charge in [0.15, 0.2) is 0 Å². The van der Waals surface area contributed by atoms with E-state index in [1.807, 2.05) is 6.20 Å². The van der Waals surface area contributed by atoms with Gasteiger partial charge in [-0.05, 0) is 23.8 Å². The maximum Gasteiger partial charge on any atom is 0.115 e. The summed E-state index contributed by atoms with van der Waals surface area (Å²) in [4.78, 5) is 8.42. The second-order valence-corrected chi connectivity index (χ2v) is 3.83. The first-order valence-electron chi connectivity index (χ1n) is 4.96. The highest BCUT2D eigenvalue weighted by molar-refractivity contribution is 5.22. The average molecular weight is 178 g/mol. The highest BCUT2D eigenvalue weighted by Gasteiger charge is 2.12. The third-order valence-corrected chi connectivity index (χ3v) is 2.46. The van der Waals surface area contributed by atoms with Gasteiger partial charge in [0, 0.05) is 11.9 Å².